The van der Waals surface area contributed by atoms with Crippen LogP contribution in [0.5, 0.6) is 5.75 Å². The van der Waals surface area contributed by atoms with Gasteiger partial charge < -0.3 is 15.4 Å². The second-order valence-corrected chi connectivity index (χ2v) is 11.6. The molecule has 0 unspecified atom stereocenters. The smallest absolute Gasteiger partial charge is 0.251 e. The summed E-state index contributed by atoms with van der Waals surface area (Å²) in [6.45, 7) is 6.52. The molecule has 0 saturated carbocycles. The second-order valence-electron chi connectivity index (χ2n) is 11.6. The van der Waals surface area contributed by atoms with E-state index in [0.717, 1.165) is 42.5 Å². The maximum absolute atomic E-state index is 13.2. The first kappa shape index (κ1) is 29.8. The van der Waals surface area contributed by atoms with Crippen LogP contribution in [0.3, 0.4) is 0 Å². The van der Waals surface area contributed by atoms with Gasteiger partial charge in [-0.25, -0.2) is 0 Å². The van der Waals surface area contributed by atoms with E-state index in [1.807, 2.05) is 36.4 Å². The van der Waals surface area contributed by atoms with Crippen molar-refractivity contribution in [3.05, 3.63) is 101 Å². The quantitative estimate of drug-likeness (QED) is 0.406. The molecule has 1 saturated heterocycles. The summed E-state index contributed by atoms with van der Waals surface area (Å²) in [5.41, 5.74) is 5.09. The predicted molar refractivity (Wildman–Crippen MR) is 166 cm³/mol. The fourth-order valence-electron chi connectivity index (χ4n) is 5.78. The molecule has 5 rings (SSSR count). The summed E-state index contributed by atoms with van der Waals surface area (Å²) in [5, 5.41) is 6.16. The molecule has 2 N–H and O–H groups in total. The van der Waals surface area contributed by atoms with Gasteiger partial charge in [-0.2, -0.15) is 0 Å². The zero-order valence-electron chi connectivity index (χ0n) is 24.7. The van der Waals surface area contributed by atoms with E-state index in [-0.39, 0.29) is 11.8 Å². The zero-order chi connectivity index (χ0) is 29.0. The maximum atomic E-state index is 13.2. The molecule has 0 atom stereocenters. The van der Waals surface area contributed by atoms with Crippen LogP contribution in [0.2, 0.25) is 0 Å². The zero-order valence-corrected chi connectivity index (χ0v) is 24.7. The molecule has 0 aliphatic carbocycles. The molecule has 0 radical (unpaired) electrons. The van der Waals surface area contributed by atoms with Crippen molar-refractivity contribution in [2.45, 2.75) is 64.7 Å². The first-order valence-electron chi connectivity index (χ1n) is 15.5. The summed E-state index contributed by atoms with van der Waals surface area (Å²) >= 11 is 0. The monoisotopic (exact) mass is 568 g/mol. The average molecular weight is 569 g/mol. The van der Waals surface area contributed by atoms with E-state index >= 15 is 0 Å². The molecule has 0 spiro atoms. The number of nitrogens with zero attached hydrogens (tertiary/aromatic N) is 2. The standard InChI is InChI=1S/C35H44N4O3/c40-34-27-39(24-28-11-4-1-5-12-28)26-32-16-15-31(22-33(32)42-20-9-2-6-17-36-34)35(41)37-23-29-13-10-14-30(21-29)25-38-18-7-3-8-19-38/h1,4-5,10-16,21-22H,2-3,6-9,17-20,23-27H2,(H,36,40)(H,37,41). The van der Waals surface area contributed by atoms with Gasteiger partial charge in [-0.15, -0.1) is 0 Å². The van der Waals surface area contributed by atoms with Gasteiger partial charge in [-0.1, -0.05) is 67.1 Å². The van der Waals surface area contributed by atoms with Crippen LogP contribution in [0.15, 0.2) is 72.8 Å². The number of hydrogen-bond acceptors (Lipinski definition) is 5. The van der Waals surface area contributed by atoms with E-state index in [1.165, 1.54) is 37.9 Å². The summed E-state index contributed by atoms with van der Waals surface area (Å²) in [6.07, 6.45) is 6.68. The van der Waals surface area contributed by atoms with Crippen molar-refractivity contribution in [2.24, 2.45) is 0 Å². The Morgan fingerprint density at radius 2 is 1.52 bits per heavy atom. The Balaban J connectivity index is 1.27. The number of amides is 2. The number of likely N-dealkylation sites (tertiary alicyclic amines) is 1. The summed E-state index contributed by atoms with van der Waals surface area (Å²) in [7, 11) is 0. The van der Waals surface area contributed by atoms with E-state index in [0.29, 0.717) is 50.6 Å². The number of rotatable bonds is 7. The highest BCUT2D eigenvalue weighted by Gasteiger charge is 2.18. The number of ether oxygens (including phenoxy) is 1. The average Bonchev–Trinajstić information content (AvgIpc) is 3.02. The molecule has 0 bridgehead atoms. The van der Waals surface area contributed by atoms with Crippen LogP contribution in [0.25, 0.3) is 0 Å². The Hall–Kier alpha value is -3.68. The van der Waals surface area contributed by atoms with Gasteiger partial charge in [0.2, 0.25) is 5.91 Å². The van der Waals surface area contributed by atoms with Crippen LogP contribution in [-0.2, 0) is 31.0 Å². The van der Waals surface area contributed by atoms with Gasteiger partial charge in [0.1, 0.15) is 5.75 Å². The van der Waals surface area contributed by atoms with Crippen molar-refractivity contribution in [1.82, 2.24) is 20.4 Å². The molecule has 0 aromatic heterocycles. The van der Waals surface area contributed by atoms with Crippen molar-refractivity contribution in [2.75, 3.05) is 32.8 Å². The van der Waals surface area contributed by atoms with Crippen molar-refractivity contribution >= 4 is 11.8 Å². The number of piperidine rings is 1. The lowest BCUT2D eigenvalue weighted by atomic mass is 10.1. The Morgan fingerprint density at radius 1 is 0.762 bits per heavy atom. The number of carbonyl (C=O) groups is 2. The first-order valence-corrected chi connectivity index (χ1v) is 15.5. The van der Waals surface area contributed by atoms with E-state index in [1.54, 1.807) is 0 Å². The van der Waals surface area contributed by atoms with Crippen LogP contribution in [0.4, 0.5) is 0 Å². The Bertz CT molecular complexity index is 1310. The number of nitrogens with one attached hydrogen (secondary N) is 2. The van der Waals surface area contributed by atoms with Gasteiger partial charge in [0, 0.05) is 43.9 Å². The van der Waals surface area contributed by atoms with E-state index in [4.69, 9.17) is 4.74 Å². The molecule has 42 heavy (non-hydrogen) atoms. The molecule has 7 nitrogen and oxygen atoms in total. The third-order valence-electron chi connectivity index (χ3n) is 8.04. The van der Waals surface area contributed by atoms with Crippen LogP contribution in [0, 0.1) is 0 Å². The van der Waals surface area contributed by atoms with Crippen LogP contribution < -0.4 is 15.4 Å². The van der Waals surface area contributed by atoms with Gasteiger partial charge in [-0.05, 0) is 74.0 Å². The topological polar surface area (TPSA) is 73.9 Å². The van der Waals surface area contributed by atoms with Crippen LogP contribution in [0.1, 0.15) is 71.1 Å². The third kappa shape index (κ3) is 9.16. The second kappa shape index (κ2) is 15.5. The molecular weight excluding hydrogens is 524 g/mol. The molecule has 2 amide bonds. The molecule has 1 fully saturated rings. The first-order chi connectivity index (χ1) is 20.6. The number of hydrogen-bond donors (Lipinski definition) is 2. The fraction of sp³-hybridized carbons (Fsp3) is 0.429. The van der Waals surface area contributed by atoms with Crippen molar-refractivity contribution in [3.8, 4) is 5.75 Å². The summed E-state index contributed by atoms with van der Waals surface area (Å²) in [6, 6.07) is 24.4. The van der Waals surface area contributed by atoms with Crippen molar-refractivity contribution in [1.29, 1.82) is 0 Å². The highest BCUT2D eigenvalue weighted by atomic mass is 16.5. The number of fused-ring (bicyclic) bond motifs is 1. The number of carbonyl (C=O) groups excluding carboxylic acids is 2. The van der Waals surface area contributed by atoms with Gasteiger partial charge in [0.15, 0.2) is 0 Å². The van der Waals surface area contributed by atoms with Crippen LogP contribution >= 0.6 is 0 Å². The minimum absolute atomic E-state index is 0.0312. The summed E-state index contributed by atoms with van der Waals surface area (Å²) in [4.78, 5) is 30.6. The van der Waals surface area contributed by atoms with Gasteiger partial charge in [0.05, 0.1) is 13.2 Å². The molecule has 3 aromatic rings. The van der Waals surface area contributed by atoms with Gasteiger partial charge in [0.25, 0.3) is 5.91 Å². The Kier molecular flexibility index (Phi) is 11.0. The summed E-state index contributed by atoms with van der Waals surface area (Å²) in [5.74, 6) is 0.624. The molecular formula is C35H44N4O3. The van der Waals surface area contributed by atoms with Gasteiger partial charge in [-0.3, -0.25) is 19.4 Å². The van der Waals surface area contributed by atoms with Crippen molar-refractivity contribution in [3.63, 3.8) is 0 Å². The fourth-order valence-corrected chi connectivity index (χ4v) is 5.78. The maximum Gasteiger partial charge on any atom is 0.251 e. The highest BCUT2D eigenvalue weighted by Crippen LogP contribution is 2.24. The lowest BCUT2D eigenvalue weighted by Gasteiger charge is -2.26. The largest absolute Gasteiger partial charge is 0.493 e. The van der Waals surface area contributed by atoms with Crippen LogP contribution in [-0.4, -0.2) is 54.4 Å². The molecule has 222 valence electrons. The molecule has 2 heterocycles. The SMILES string of the molecule is O=C1CN(Cc2ccccc2)Cc2ccc(C(=O)NCc3cccc(CN4CCCCC4)c3)cc2OCCCCCN1. The number of benzene rings is 3. The minimum atomic E-state index is -0.119. The lowest BCUT2D eigenvalue weighted by Crippen LogP contribution is -2.37. The predicted octanol–water partition coefficient (Wildman–Crippen LogP) is 5.28. The third-order valence-corrected chi connectivity index (χ3v) is 8.04. The molecule has 2 aliphatic heterocycles. The lowest BCUT2D eigenvalue weighted by molar-refractivity contribution is -0.122. The summed E-state index contributed by atoms with van der Waals surface area (Å²) < 4.78 is 6.25. The van der Waals surface area contributed by atoms with E-state index in [9.17, 15) is 9.59 Å². The molecule has 3 aromatic carbocycles. The van der Waals surface area contributed by atoms with Gasteiger partial charge >= 0.3 is 0 Å². The molecule has 2 aliphatic rings. The highest BCUT2D eigenvalue weighted by molar-refractivity contribution is 5.94. The van der Waals surface area contributed by atoms with E-state index < -0.39 is 0 Å². The molecule has 7 heteroatoms. The minimum Gasteiger partial charge on any atom is -0.493 e. The Morgan fingerprint density at radius 3 is 2.38 bits per heavy atom. The normalized spacial score (nSPS) is 17.5. The Labute approximate surface area is 250 Å². The van der Waals surface area contributed by atoms with E-state index in [2.05, 4.69) is 56.8 Å². The van der Waals surface area contributed by atoms with Crippen molar-refractivity contribution < 1.29 is 14.3 Å².